The van der Waals surface area contributed by atoms with Crippen molar-refractivity contribution in [3.8, 4) is 16.9 Å². The van der Waals surface area contributed by atoms with Crippen molar-refractivity contribution in [1.29, 1.82) is 0 Å². The zero-order valence-corrected chi connectivity index (χ0v) is 20.7. The summed E-state index contributed by atoms with van der Waals surface area (Å²) in [5.74, 6) is 0. The van der Waals surface area contributed by atoms with Crippen molar-refractivity contribution in [1.82, 2.24) is 14.7 Å². The smallest absolute Gasteiger partial charge is 0.103 e. The summed E-state index contributed by atoms with van der Waals surface area (Å²) >= 11 is 13.0. The molecule has 3 aromatic rings. The van der Waals surface area contributed by atoms with Crippen LogP contribution in [-0.4, -0.2) is 59.2 Å². The van der Waals surface area contributed by atoms with Gasteiger partial charge in [0.25, 0.3) is 0 Å². The summed E-state index contributed by atoms with van der Waals surface area (Å²) in [6.45, 7) is 10.9. The molecule has 1 aromatic heterocycles. The van der Waals surface area contributed by atoms with Gasteiger partial charge in [-0.3, -0.25) is 4.90 Å². The van der Waals surface area contributed by atoms with Gasteiger partial charge in [0.2, 0.25) is 0 Å². The fourth-order valence-electron chi connectivity index (χ4n) is 3.98. The van der Waals surface area contributed by atoms with Crippen LogP contribution < -0.4 is 5.32 Å². The number of aromatic nitrogens is 2. The zero-order valence-electron chi connectivity index (χ0n) is 19.2. The molecule has 33 heavy (non-hydrogen) atoms. The lowest BCUT2D eigenvalue weighted by Gasteiger charge is -2.26. The number of anilines is 1. The number of morpholine rings is 1. The van der Waals surface area contributed by atoms with E-state index < -0.39 is 5.60 Å². The van der Waals surface area contributed by atoms with Crippen LogP contribution in [0.2, 0.25) is 10.0 Å². The highest BCUT2D eigenvalue weighted by molar-refractivity contribution is 6.37. The number of aryl methyl sites for hydroxylation is 1. The molecule has 0 unspecified atom stereocenters. The van der Waals surface area contributed by atoms with Crippen molar-refractivity contribution >= 4 is 28.9 Å². The predicted octanol–water partition coefficient (Wildman–Crippen LogP) is 5.13. The highest BCUT2D eigenvalue weighted by Crippen LogP contribution is 2.36. The second-order valence-corrected chi connectivity index (χ2v) is 9.68. The summed E-state index contributed by atoms with van der Waals surface area (Å²) < 4.78 is 7.14. The molecular formula is C25H30Cl2N4O2. The monoisotopic (exact) mass is 488 g/mol. The van der Waals surface area contributed by atoms with Gasteiger partial charge < -0.3 is 15.2 Å². The molecule has 1 aliphatic rings. The number of aliphatic hydroxyl groups is 1. The van der Waals surface area contributed by atoms with Crippen molar-refractivity contribution in [2.75, 3.05) is 44.7 Å². The maximum atomic E-state index is 10.6. The third kappa shape index (κ3) is 5.53. The van der Waals surface area contributed by atoms with Crippen LogP contribution in [0.15, 0.2) is 42.5 Å². The van der Waals surface area contributed by atoms with Crippen LogP contribution in [0.25, 0.3) is 16.9 Å². The zero-order chi connectivity index (χ0) is 23.6. The second kappa shape index (κ2) is 10.0. The van der Waals surface area contributed by atoms with Crippen LogP contribution in [0.4, 0.5) is 5.69 Å². The Morgan fingerprint density at radius 2 is 1.79 bits per heavy atom. The third-order valence-corrected chi connectivity index (χ3v) is 6.46. The van der Waals surface area contributed by atoms with Crippen LogP contribution in [0.5, 0.6) is 0 Å². The van der Waals surface area contributed by atoms with Crippen LogP contribution in [0.1, 0.15) is 25.1 Å². The highest BCUT2D eigenvalue weighted by atomic mass is 35.5. The Morgan fingerprint density at radius 3 is 2.42 bits per heavy atom. The van der Waals surface area contributed by atoms with Crippen LogP contribution in [0.3, 0.4) is 0 Å². The number of para-hydroxylation sites is 1. The van der Waals surface area contributed by atoms with Gasteiger partial charge in [-0.1, -0.05) is 35.3 Å². The normalized spacial score (nSPS) is 15.1. The number of nitrogens with one attached hydrogen (secondary N) is 1. The summed E-state index contributed by atoms with van der Waals surface area (Å²) in [5.41, 5.74) is 3.99. The number of hydrogen-bond donors (Lipinski definition) is 2. The number of nitrogens with zero attached hydrogens (tertiary/aromatic N) is 3. The molecular weight excluding hydrogens is 459 g/mol. The van der Waals surface area contributed by atoms with Gasteiger partial charge in [0, 0.05) is 37.4 Å². The Bertz CT molecular complexity index is 1100. The fourth-order valence-corrected chi connectivity index (χ4v) is 4.54. The minimum absolute atomic E-state index is 0.494. The quantitative estimate of drug-likeness (QED) is 0.482. The Labute approximate surface area is 205 Å². The van der Waals surface area contributed by atoms with Gasteiger partial charge in [0.15, 0.2) is 0 Å². The first kappa shape index (κ1) is 24.0. The van der Waals surface area contributed by atoms with Gasteiger partial charge in [0.05, 0.1) is 34.6 Å². The molecule has 0 aliphatic carbocycles. The largest absolute Gasteiger partial charge is 0.384 e. The molecule has 2 aromatic carbocycles. The Balaban J connectivity index is 1.63. The van der Waals surface area contributed by atoms with E-state index in [0.717, 1.165) is 61.9 Å². The number of ether oxygens (including phenoxy) is 1. The lowest BCUT2D eigenvalue weighted by Crippen LogP contribution is -2.39. The van der Waals surface area contributed by atoms with Gasteiger partial charge in [-0.2, -0.15) is 5.10 Å². The number of hydrogen-bond acceptors (Lipinski definition) is 5. The number of halogens is 2. The molecule has 0 saturated carbocycles. The molecule has 2 N–H and O–H groups in total. The molecule has 1 fully saturated rings. The first-order valence-corrected chi connectivity index (χ1v) is 11.9. The van der Waals surface area contributed by atoms with E-state index in [9.17, 15) is 5.11 Å². The summed E-state index contributed by atoms with van der Waals surface area (Å²) in [6.07, 6.45) is 0. The van der Waals surface area contributed by atoms with E-state index in [4.69, 9.17) is 27.9 Å². The fraction of sp³-hybridized carbons (Fsp3) is 0.400. The van der Waals surface area contributed by atoms with E-state index in [0.29, 0.717) is 21.4 Å². The van der Waals surface area contributed by atoms with E-state index >= 15 is 0 Å². The molecule has 0 atom stereocenters. The molecule has 0 amide bonds. The maximum absolute atomic E-state index is 10.6. The average molecular weight is 489 g/mol. The molecule has 1 aliphatic heterocycles. The van der Waals surface area contributed by atoms with Crippen molar-refractivity contribution in [2.45, 2.75) is 26.4 Å². The van der Waals surface area contributed by atoms with Gasteiger partial charge in [-0.25, -0.2) is 4.68 Å². The standard InChI is InChI=1S/C25H30Cl2N4O2/c1-17-15-18(28-9-10-30-11-13-33-14-12-30)7-8-19(17)22-16-23(25(2,3)32)29-31(22)24-20(26)5-4-6-21(24)27/h4-8,15-16,28,32H,9-14H2,1-3H3. The molecule has 176 valence electrons. The number of benzene rings is 2. The maximum Gasteiger partial charge on any atom is 0.103 e. The first-order chi connectivity index (χ1) is 15.7. The van der Waals surface area contributed by atoms with Gasteiger partial charge in [-0.05, 0) is 56.7 Å². The number of rotatable bonds is 7. The van der Waals surface area contributed by atoms with Crippen molar-refractivity contribution in [3.63, 3.8) is 0 Å². The van der Waals surface area contributed by atoms with Crippen LogP contribution in [0, 0.1) is 6.92 Å². The van der Waals surface area contributed by atoms with Gasteiger partial charge in [0.1, 0.15) is 11.3 Å². The summed E-state index contributed by atoms with van der Waals surface area (Å²) in [4.78, 5) is 2.40. The third-order valence-electron chi connectivity index (χ3n) is 5.85. The van der Waals surface area contributed by atoms with Gasteiger partial charge in [-0.15, -0.1) is 0 Å². The molecule has 0 radical (unpaired) electrons. The van der Waals surface area contributed by atoms with E-state index in [1.165, 1.54) is 0 Å². The first-order valence-electron chi connectivity index (χ1n) is 11.2. The lowest BCUT2D eigenvalue weighted by atomic mass is 10.0. The minimum atomic E-state index is -1.11. The summed E-state index contributed by atoms with van der Waals surface area (Å²) in [5, 5.41) is 19.8. The van der Waals surface area contributed by atoms with E-state index in [1.807, 2.05) is 6.07 Å². The van der Waals surface area contributed by atoms with Crippen molar-refractivity contribution in [3.05, 3.63) is 63.8 Å². The Kier molecular flexibility index (Phi) is 7.31. The highest BCUT2D eigenvalue weighted by Gasteiger charge is 2.25. The molecule has 6 nitrogen and oxygen atoms in total. The topological polar surface area (TPSA) is 62.6 Å². The van der Waals surface area contributed by atoms with Crippen LogP contribution in [-0.2, 0) is 10.3 Å². The van der Waals surface area contributed by atoms with Crippen LogP contribution >= 0.6 is 23.2 Å². The van der Waals surface area contributed by atoms with E-state index in [1.54, 1.807) is 36.7 Å². The van der Waals surface area contributed by atoms with E-state index in [2.05, 4.69) is 40.4 Å². The molecule has 1 saturated heterocycles. The minimum Gasteiger partial charge on any atom is -0.384 e. The summed E-state index contributed by atoms with van der Waals surface area (Å²) in [6, 6.07) is 13.5. The lowest BCUT2D eigenvalue weighted by molar-refractivity contribution is 0.0398. The second-order valence-electron chi connectivity index (χ2n) is 8.87. The molecule has 0 spiro atoms. The van der Waals surface area contributed by atoms with Gasteiger partial charge >= 0.3 is 0 Å². The molecule has 4 rings (SSSR count). The van der Waals surface area contributed by atoms with Crippen molar-refractivity contribution < 1.29 is 9.84 Å². The molecule has 8 heteroatoms. The molecule has 2 heterocycles. The summed E-state index contributed by atoms with van der Waals surface area (Å²) in [7, 11) is 0. The Morgan fingerprint density at radius 1 is 1.09 bits per heavy atom. The Hall–Kier alpha value is -2.09. The average Bonchev–Trinajstić information content (AvgIpc) is 3.20. The SMILES string of the molecule is Cc1cc(NCCN2CCOCC2)ccc1-c1cc(C(C)(C)O)nn1-c1c(Cl)cccc1Cl. The predicted molar refractivity (Wildman–Crippen MR) is 135 cm³/mol. The molecule has 0 bridgehead atoms. The van der Waals surface area contributed by atoms with Crippen molar-refractivity contribution in [2.24, 2.45) is 0 Å². The van der Waals surface area contributed by atoms with E-state index in [-0.39, 0.29) is 0 Å².